The van der Waals surface area contributed by atoms with E-state index in [0.29, 0.717) is 41.1 Å². The van der Waals surface area contributed by atoms with Gasteiger partial charge in [-0.3, -0.25) is 9.69 Å². The summed E-state index contributed by atoms with van der Waals surface area (Å²) in [5, 5.41) is 6.39. The minimum atomic E-state index is -0.649. The largest absolute Gasteiger partial charge is 0.490 e. The number of hydrogen-bond donors (Lipinski definition) is 2. The van der Waals surface area contributed by atoms with Crippen LogP contribution in [-0.2, 0) is 16.1 Å². The fourth-order valence-corrected chi connectivity index (χ4v) is 5.70. The second-order valence-corrected chi connectivity index (χ2v) is 11.2. The Morgan fingerprint density at radius 2 is 1.89 bits per heavy atom. The van der Waals surface area contributed by atoms with E-state index >= 15 is 4.39 Å². The first-order valence-electron chi connectivity index (χ1n) is 14.5. The lowest BCUT2D eigenvalue weighted by molar-refractivity contribution is -0.111. The lowest BCUT2D eigenvalue weighted by Crippen LogP contribution is -2.44. The lowest BCUT2D eigenvalue weighted by Gasteiger charge is -2.31. The van der Waals surface area contributed by atoms with Crippen LogP contribution in [0.4, 0.5) is 26.0 Å². The van der Waals surface area contributed by atoms with Crippen LogP contribution in [-0.4, -0.2) is 59.2 Å². The monoisotopic (exact) mass is 633 g/mol. The Morgan fingerprint density at radius 3 is 2.67 bits per heavy atom. The van der Waals surface area contributed by atoms with E-state index in [1.54, 1.807) is 31.2 Å². The van der Waals surface area contributed by atoms with Gasteiger partial charge >= 0.3 is 0 Å². The standard InChI is InChI=1S/C33H30ClF2N5O4/c1-2-4-32(42)39-29-12-24-27(15-31(29)43-10-9-41-16-22-7-8-23(17-41)45-22)37-19-38-33(24)40-28-13-25(34)30(14-26(28)36)44-18-20-5-3-6-21(35)11-20/h3,5-6,11-15,19,22-23H,7-10,16-18H2,1H3,(H,39,42)(H,37,38,40). The minimum Gasteiger partial charge on any atom is -0.490 e. The molecule has 2 unspecified atom stereocenters. The highest BCUT2D eigenvalue weighted by Gasteiger charge is 2.33. The van der Waals surface area contributed by atoms with Gasteiger partial charge in [0.1, 0.15) is 48.5 Å². The number of nitrogens with one attached hydrogen (secondary N) is 2. The molecule has 6 rings (SSSR count). The first-order valence-corrected chi connectivity index (χ1v) is 14.9. The Morgan fingerprint density at radius 1 is 1.07 bits per heavy atom. The number of carbonyl (C=O) groups is 1. The lowest BCUT2D eigenvalue weighted by atomic mass is 10.1. The number of aromatic nitrogens is 2. The van der Waals surface area contributed by atoms with E-state index in [1.165, 1.54) is 24.5 Å². The van der Waals surface area contributed by atoms with Gasteiger partial charge in [0.25, 0.3) is 5.91 Å². The Kier molecular flexibility index (Phi) is 9.26. The van der Waals surface area contributed by atoms with Crippen molar-refractivity contribution in [2.75, 3.05) is 36.9 Å². The molecule has 0 saturated carbocycles. The van der Waals surface area contributed by atoms with Gasteiger partial charge in [-0.2, -0.15) is 0 Å². The highest BCUT2D eigenvalue weighted by atomic mass is 35.5. The summed E-state index contributed by atoms with van der Waals surface area (Å²) in [7, 11) is 0. The molecule has 1 amide bonds. The smallest absolute Gasteiger partial charge is 0.300 e. The quantitative estimate of drug-likeness (QED) is 0.203. The van der Waals surface area contributed by atoms with Crippen LogP contribution in [0.5, 0.6) is 11.5 Å². The third kappa shape index (κ3) is 7.42. The SMILES string of the molecule is CC#CC(=O)Nc1cc2c(Nc3cc(Cl)c(OCc4cccc(F)c4)cc3F)ncnc2cc1OCCN1CC2CCC(C1)O2. The first-order chi connectivity index (χ1) is 21.8. The third-order valence-corrected chi connectivity index (χ3v) is 7.86. The highest BCUT2D eigenvalue weighted by molar-refractivity contribution is 6.32. The van der Waals surface area contributed by atoms with Crippen molar-refractivity contribution in [3.8, 4) is 23.3 Å². The van der Waals surface area contributed by atoms with Crippen molar-refractivity contribution in [2.24, 2.45) is 0 Å². The maximum Gasteiger partial charge on any atom is 0.300 e. The summed E-state index contributed by atoms with van der Waals surface area (Å²) < 4.78 is 46.4. The van der Waals surface area contributed by atoms with Crippen molar-refractivity contribution >= 4 is 45.6 Å². The van der Waals surface area contributed by atoms with Crippen molar-refractivity contribution < 1.29 is 27.8 Å². The molecule has 0 spiro atoms. The number of nitrogens with zero attached hydrogens (tertiary/aromatic N) is 3. The van der Waals surface area contributed by atoms with Gasteiger partial charge in [-0.1, -0.05) is 29.7 Å². The van der Waals surface area contributed by atoms with E-state index < -0.39 is 17.5 Å². The van der Waals surface area contributed by atoms with Gasteiger partial charge in [-0.05, 0) is 55.5 Å². The molecule has 12 heteroatoms. The Bertz CT molecular complexity index is 1780. The van der Waals surface area contributed by atoms with Crippen LogP contribution in [0, 0.1) is 23.5 Å². The first kappa shape index (κ1) is 30.5. The van der Waals surface area contributed by atoms with Gasteiger partial charge in [0.05, 0.1) is 34.1 Å². The van der Waals surface area contributed by atoms with Gasteiger partial charge in [-0.25, -0.2) is 18.7 Å². The van der Waals surface area contributed by atoms with Crippen LogP contribution >= 0.6 is 11.6 Å². The second-order valence-electron chi connectivity index (χ2n) is 10.8. The van der Waals surface area contributed by atoms with Gasteiger partial charge < -0.3 is 24.8 Å². The summed E-state index contributed by atoms with van der Waals surface area (Å²) in [6.07, 6.45) is 4.06. The van der Waals surface area contributed by atoms with Gasteiger partial charge in [0, 0.05) is 37.2 Å². The normalized spacial score (nSPS) is 17.4. The molecule has 1 aromatic heterocycles. The van der Waals surface area contributed by atoms with Crippen LogP contribution < -0.4 is 20.1 Å². The summed E-state index contributed by atoms with van der Waals surface area (Å²) in [4.78, 5) is 23.5. The summed E-state index contributed by atoms with van der Waals surface area (Å²) in [5.74, 6) is 4.30. The zero-order valence-electron chi connectivity index (χ0n) is 24.4. The Labute approximate surface area is 263 Å². The molecule has 2 N–H and O–H groups in total. The fourth-order valence-electron chi connectivity index (χ4n) is 5.48. The van der Waals surface area contributed by atoms with Crippen molar-refractivity contribution in [1.29, 1.82) is 0 Å². The fraction of sp³-hybridized carbons (Fsp3) is 0.303. The van der Waals surface area contributed by atoms with Crippen LogP contribution in [0.3, 0.4) is 0 Å². The Hall–Kier alpha value is -4.50. The maximum absolute atomic E-state index is 15.2. The number of halogens is 3. The molecule has 232 valence electrons. The van der Waals surface area contributed by atoms with E-state index in [1.807, 2.05) is 0 Å². The van der Waals surface area contributed by atoms with Gasteiger partial charge in [0.15, 0.2) is 0 Å². The van der Waals surface area contributed by atoms with E-state index in [4.69, 9.17) is 25.8 Å². The summed E-state index contributed by atoms with van der Waals surface area (Å²) in [5.41, 5.74) is 1.49. The average Bonchev–Trinajstić information content (AvgIpc) is 3.36. The second kappa shape index (κ2) is 13.6. The summed E-state index contributed by atoms with van der Waals surface area (Å²) in [6, 6.07) is 11.8. The van der Waals surface area contributed by atoms with Gasteiger partial charge in [-0.15, -0.1) is 0 Å². The molecule has 2 aliphatic heterocycles. The zero-order chi connectivity index (χ0) is 31.3. The van der Waals surface area contributed by atoms with Crippen molar-refractivity contribution in [1.82, 2.24) is 14.9 Å². The molecule has 2 fully saturated rings. The van der Waals surface area contributed by atoms with Crippen LogP contribution in [0.2, 0.25) is 5.02 Å². The number of amides is 1. The van der Waals surface area contributed by atoms with E-state index in [0.717, 1.165) is 32.0 Å². The molecule has 9 nitrogen and oxygen atoms in total. The van der Waals surface area contributed by atoms with Crippen molar-refractivity contribution in [3.63, 3.8) is 0 Å². The molecule has 2 bridgehead atoms. The predicted octanol–water partition coefficient (Wildman–Crippen LogP) is 6.09. The zero-order valence-corrected chi connectivity index (χ0v) is 25.2. The number of anilines is 3. The van der Waals surface area contributed by atoms with E-state index in [-0.39, 0.29) is 41.1 Å². The number of ether oxygens (including phenoxy) is 3. The number of hydrogen-bond acceptors (Lipinski definition) is 8. The van der Waals surface area contributed by atoms with Crippen LogP contribution in [0.15, 0.2) is 54.9 Å². The molecule has 3 heterocycles. The number of benzene rings is 3. The molecule has 0 aliphatic carbocycles. The molecular weight excluding hydrogens is 604 g/mol. The molecule has 45 heavy (non-hydrogen) atoms. The van der Waals surface area contributed by atoms with Crippen LogP contribution in [0.25, 0.3) is 10.9 Å². The number of morpholine rings is 1. The molecular formula is C33H30ClF2N5O4. The topological polar surface area (TPSA) is 97.8 Å². The molecule has 2 atom stereocenters. The highest BCUT2D eigenvalue weighted by Crippen LogP contribution is 2.36. The maximum atomic E-state index is 15.2. The molecule has 3 aromatic carbocycles. The molecule has 0 radical (unpaired) electrons. The average molecular weight is 634 g/mol. The summed E-state index contributed by atoms with van der Waals surface area (Å²) in [6.45, 7) is 4.41. The number of fused-ring (bicyclic) bond motifs is 3. The number of likely N-dealkylation sites (tertiary alicyclic amines) is 1. The predicted molar refractivity (Wildman–Crippen MR) is 167 cm³/mol. The van der Waals surface area contributed by atoms with E-state index in [2.05, 4.69) is 37.3 Å². The minimum absolute atomic E-state index is 0.00896. The number of carbonyl (C=O) groups excluding carboxylic acids is 1. The van der Waals surface area contributed by atoms with Crippen molar-refractivity contribution in [2.45, 2.75) is 38.6 Å². The van der Waals surface area contributed by atoms with Crippen LogP contribution in [0.1, 0.15) is 25.3 Å². The van der Waals surface area contributed by atoms with Crippen molar-refractivity contribution in [3.05, 3.63) is 77.1 Å². The molecule has 2 aliphatic rings. The molecule has 4 aromatic rings. The van der Waals surface area contributed by atoms with E-state index in [9.17, 15) is 9.18 Å². The summed E-state index contributed by atoms with van der Waals surface area (Å²) >= 11 is 6.41. The third-order valence-electron chi connectivity index (χ3n) is 7.57. The number of rotatable bonds is 10. The van der Waals surface area contributed by atoms with Gasteiger partial charge in [0.2, 0.25) is 0 Å². The molecule has 2 saturated heterocycles. The Balaban J connectivity index is 1.22.